The van der Waals surface area contributed by atoms with E-state index < -0.39 is 0 Å². The zero-order valence-corrected chi connectivity index (χ0v) is 8.18. The van der Waals surface area contributed by atoms with Crippen LogP contribution < -0.4 is 5.73 Å². The first kappa shape index (κ1) is 15.8. The Kier molecular flexibility index (Phi) is 44.4. The van der Waals surface area contributed by atoms with E-state index >= 15 is 0 Å². The van der Waals surface area contributed by atoms with Crippen molar-refractivity contribution in [3.8, 4) is 0 Å². The van der Waals surface area contributed by atoms with Crippen molar-refractivity contribution >= 4 is 39.0 Å². The summed E-state index contributed by atoms with van der Waals surface area (Å²) in [5, 5.41) is 0. The summed E-state index contributed by atoms with van der Waals surface area (Å²) in [5.74, 6) is 0. The Hall–Kier alpha value is 0.886. The molecule has 0 bridgehead atoms. The van der Waals surface area contributed by atoms with E-state index in [1.54, 1.807) is 6.08 Å². The molecule has 40 valence electrons. The van der Waals surface area contributed by atoms with Gasteiger partial charge in [-0.2, -0.15) is 0 Å². The first-order valence-corrected chi connectivity index (χ1v) is 1.22. The molecule has 0 atom stereocenters. The minimum atomic E-state index is 0. The van der Waals surface area contributed by atoms with Gasteiger partial charge in [0.2, 0.25) is 0 Å². The molecule has 0 aliphatic heterocycles. The minimum absolute atomic E-state index is 0. The van der Waals surface area contributed by atoms with Crippen molar-refractivity contribution in [2.24, 2.45) is 5.73 Å². The molecule has 3 heteroatoms. The summed E-state index contributed by atoms with van der Waals surface area (Å²) in [6, 6.07) is 0. The molecule has 0 unspecified atom stereocenters. The molecule has 0 amide bonds. The molecule has 6 heavy (non-hydrogen) atoms. The van der Waals surface area contributed by atoms with Crippen molar-refractivity contribution in [2.75, 3.05) is 6.54 Å². The van der Waals surface area contributed by atoms with Gasteiger partial charge >= 0.3 is 26.6 Å². The molecule has 0 rings (SSSR count). The Morgan fingerprint density at radius 2 is 1.83 bits per heavy atom. The van der Waals surface area contributed by atoms with Gasteiger partial charge in [0.05, 0.1) is 0 Å². The first-order valence-electron chi connectivity index (χ1n) is 1.22. The van der Waals surface area contributed by atoms with Crippen LogP contribution in [0, 0.1) is 0 Å². The molecule has 0 aliphatic rings. The molecule has 0 spiro atoms. The van der Waals surface area contributed by atoms with Gasteiger partial charge in [0.1, 0.15) is 0 Å². The van der Waals surface area contributed by atoms with Gasteiger partial charge in [-0.05, 0) is 0 Å². The third-order valence-electron chi connectivity index (χ3n) is 0.167. The molecule has 2 N–H and O–H groups in total. The fourth-order valence-electron chi connectivity index (χ4n) is 0. The van der Waals surface area contributed by atoms with Crippen molar-refractivity contribution in [3.05, 3.63) is 12.7 Å². The number of hydrogen-bond acceptors (Lipinski definition) is 1. The van der Waals surface area contributed by atoms with Crippen molar-refractivity contribution in [2.45, 2.75) is 0 Å². The fraction of sp³-hybridized carbons (Fsp3) is 0.333. The Labute approximate surface area is 63.9 Å². The van der Waals surface area contributed by atoms with Gasteiger partial charge in [-0.1, -0.05) is 6.08 Å². The summed E-state index contributed by atoms with van der Waals surface area (Å²) in [6.45, 7) is 3.94. The molecule has 0 radical (unpaired) electrons. The van der Waals surface area contributed by atoms with Gasteiger partial charge in [-0.15, -0.1) is 19.0 Å². The van der Waals surface area contributed by atoms with E-state index in [9.17, 15) is 0 Å². The molecular formula is C3H10ClNPo. The SMILES string of the molecule is C=CCN.Cl.[PoH2]. The predicted octanol–water partition coefficient (Wildman–Crippen LogP) is -0.363. The molecule has 0 fully saturated rings. The molecule has 1 nitrogen and oxygen atoms in total. The molecule has 0 aromatic carbocycles. The standard InChI is InChI=1S/C3H7N.ClH.Po.2H/c1-2-3-4;;;;/h2H,1,3-4H2;1H;;;. The van der Waals surface area contributed by atoms with Gasteiger partial charge in [-0.3, -0.25) is 0 Å². The van der Waals surface area contributed by atoms with Gasteiger partial charge in [0.25, 0.3) is 0 Å². The van der Waals surface area contributed by atoms with Crippen molar-refractivity contribution in [1.82, 2.24) is 0 Å². The summed E-state index contributed by atoms with van der Waals surface area (Å²) < 4.78 is 0. The third kappa shape index (κ3) is 20.7. The summed E-state index contributed by atoms with van der Waals surface area (Å²) in [7, 11) is 0. The van der Waals surface area contributed by atoms with E-state index in [-0.39, 0.29) is 39.0 Å². The maximum atomic E-state index is 4.91. The van der Waals surface area contributed by atoms with Crippen LogP contribution in [0.25, 0.3) is 0 Å². The summed E-state index contributed by atoms with van der Waals surface area (Å²) in [6.07, 6.45) is 1.65. The average molecular weight is 305 g/mol. The van der Waals surface area contributed by atoms with E-state index in [0.29, 0.717) is 6.54 Å². The molecule has 0 aromatic rings. The van der Waals surface area contributed by atoms with Crippen LogP contribution in [0.3, 0.4) is 0 Å². The average Bonchev–Trinajstić information content (AvgIpc) is 1.37. The molecule has 0 aliphatic carbocycles. The zero-order chi connectivity index (χ0) is 3.41. The van der Waals surface area contributed by atoms with Gasteiger partial charge < -0.3 is 5.73 Å². The normalized spacial score (nSPS) is 4.17. The van der Waals surface area contributed by atoms with E-state index in [1.165, 1.54) is 0 Å². The van der Waals surface area contributed by atoms with Gasteiger partial charge in [0.15, 0.2) is 0 Å². The second-order valence-electron chi connectivity index (χ2n) is 0.524. The quantitative estimate of drug-likeness (QED) is 0.658. The fourth-order valence-corrected chi connectivity index (χ4v) is 0. The van der Waals surface area contributed by atoms with Crippen LogP contribution in [0.1, 0.15) is 0 Å². The number of hydrogen-bond donors (Lipinski definition) is 1. The third-order valence-corrected chi connectivity index (χ3v) is 0.167. The number of rotatable bonds is 1. The van der Waals surface area contributed by atoms with Gasteiger partial charge in [0, 0.05) is 6.54 Å². The number of halogens is 1. The summed E-state index contributed by atoms with van der Waals surface area (Å²) in [4.78, 5) is 0. The molecule has 0 saturated heterocycles. The topological polar surface area (TPSA) is 26.0 Å². The van der Waals surface area contributed by atoms with Crippen LogP contribution in [0.4, 0.5) is 0 Å². The Balaban J connectivity index is -0.0000000450. The van der Waals surface area contributed by atoms with Crippen LogP contribution in [0.2, 0.25) is 0 Å². The van der Waals surface area contributed by atoms with E-state index in [2.05, 4.69) is 6.58 Å². The molecule has 0 aromatic heterocycles. The monoisotopic (exact) mass is 304 g/mol. The zero-order valence-electron chi connectivity index (χ0n) is 3.48. The Morgan fingerprint density at radius 1 is 1.67 bits per heavy atom. The van der Waals surface area contributed by atoms with Crippen LogP contribution in [-0.2, 0) is 0 Å². The second kappa shape index (κ2) is 16.9. The van der Waals surface area contributed by atoms with Crippen LogP contribution in [0.5, 0.6) is 0 Å². The maximum absolute atomic E-state index is 4.91. The Morgan fingerprint density at radius 3 is 1.83 bits per heavy atom. The summed E-state index contributed by atoms with van der Waals surface area (Å²) in [5.41, 5.74) is 4.91. The van der Waals surface area contributed by atoms with E-state index in [0.717, 1.165) is 0 Å². The van der Waals surface area contributed by atoms with Crippen molar-refractivity contribution in [1.29, 1.82) is 0 Å². The van der Waals surface area contributed by atoms with Crippen LogP contribution >= 0.6 is 12.4 Å². The molecule has 0 heterocycles. The van der Waals surface area contributed by atoms with Crippen molar-refractivity contribution in [3.63, 3.8) is 0 Å². The van der Waals surface area contributed by atoms with E-state index in [1.807, 2.05) is 0 Å². The van der Waals surface area contributed by atoms with Crippen LogP contribution in [-0.4, -0.2) is 33.1 Å². The molecule has 0 saturated carbocycles. The first-order chi connectivity index (χ1) is 1.91. The van der Waals surface area contributed by atoms with Crippen LogP contribution in [0.15, 0.2) is 12.7 Å². The second-order valence-corrected chi connectivity index (χ2v) is 0.524. The van der Waals surface area contributed by atoms with Crippen molar-refractivity contribution < 1.29 is 0 Å². The van der Waals surface area contributed by atoms with E-state index in [4.69, 9.17) is 5.73 Å². The molecular weight excluding hydrogens is 294 g/mol. The van der Waals surface area contributed by atoms with Gasteiger partial charge in [-0.25, -0.2) is 0 Å². The predicted molar refractivity (Wildman–Crippen MR) is 35.0 cm³/mol. The summed E-state index contributed by atoms with van der Waals surface area (Å²) >= 11 is 0. The Bertz CT molecular complexity index is 24.8. The number of nitrogens with two attached hydrogens (primary N) is 1.